The highest BCUT2D eigenvalue weighted by molar-refractivity contribution is 4.95. The Kier molecular flexibility index (Phi) is 7.23. The van der Waals surface area contributed by atoms with Crippen LogP contribution in [0.4, 0.5) is 0 Å². The maximum Gasteiger partial charge on any atom is -0.0199 e. The number of hydrogen-bond acceptors (Lipinski definition) is 0. The molecule has 11 heavy (non-hydrogen) atoms. The van der Waals surface area contributed by atoms with Crippen LogP contribution in [0.2, 0.25) is 0 Å². The molecular weight excluding hydrogens is 132 g/mol. The van der Waals surface area contributed by atoms with E-state index < -0.39 is 0 Å². The molecule has 0 aromatic heterocycles. The first kappa shape index (κ1) is 10.5. The summed E-state index contributed by atoms with van der Waals surface area (Å²) in [6.45, 7) is 9.56. The van der Waals surface area contributed by atoms with E-state index in [2.05, 4.69) is 32.9 Å². The number of hydrogen-bond donors (Lipinski definition) is 0. The van der Waals surface area contributed by atoms with Crippen molar-refractivity contribution >= 4 is 0 Å². The fraction of sp³-hybridized carbons (Fsp3) is 0.455. The zero-order valence-corrected chi connectivity index (χ0v) is 7.42. The van der Waals surface area contributed by atoms with Gasteiger partial charge < -0.3 is 0 Å². The predicted molar refractivity (Wildman–Crippen MR) is 52.0 cm³/mol. The van der Waals surface area contributed by atoms with Gasteiger partial charge in [0, 0.05) is 0 Å². The molecule has 0 fully saturated rings. The number of allylic oxidation sites excluding steroid dienone is 4. The van der Waals surface area contributed by atoms with Crippen LogP contribution >= 0.6 is 0 Å². The quantitative estimate of drug-likeness (QED) is 0.562. The molecule has 0 aromatic carbocycles. The minimum absolute atomic E-state index is 0.662. The molecule has 0 spiro atoms. The van der Waals surface area contributed by atoms with Crippen LogP contribution in [0.25, 0.3) is 0 Å². The molecule has 0 heterocycles. The third-order valence-corrected chi connectivity index (χ3v) is 1.67. The van der Waals surface area contributed by atoms with Crippen molar-refractivity contribution in [2.75, 3.05) is 0 Å². The number of rotatable bonds is 5. The van der Waals surface area contributed by atoms with Crippen molar-refractivity contribution in [2.45, 2.75) is 26.2 Å². The summed E-state index contributed by atoms with van der Waals surface area (Å²) in [5.41, 5.74) is 0. The van der Waals surface area contributed by atoms with Gasteiger partial charge in [0.2, 0.25) is 0 Å². The summed E-state index contributed by atoms with van der Waals surface area (Å²) in [4.78, 5) is 0. The second-order valence-corrected chi connectivity index (χ2v) is 2.68. The molecule has 0 saturated carbocycles. The molecular formula is C11H18. The lowest BCUT2D eigenvalue weighted by molar-refractivity contribution is 0.588. The highest BCUT2D eigenvalue weighted by Crippen LogP contribution is 2.13. The van der Waals surface area contributed by atoms with Crippen molar-refractivity contribution in [3.8, 4) is 0 Å². The topological polar surface area (TPSA) is 0 Å². The smallest absolute Gasteiger partial charge is 0.0199 e. The first-order valence-electron chi connectivity index (χ1n) is 4.25. The summed E-state index contributed by atoms with van der Waals surface area (Å²) in [7, 11) is 0. The molecule has 0 rings (SSSR count). The van der Waals surface area contributed by atoms with E-state index in [1.165, 1.54) is 12.8 Å². The van der Waals surface area contributed by atoms with Gasteiger partial charge in [-0.1, -0.05) is 37.6 Å². The van der Waals surface area contributed by atoms with Crippen molar-refractivity contribution in [2.24, 2.45) is 5.92 Å². The second-order valence-electron chi connectivity index (χ2n) is 2.68. The highest BCUT2D eigenvalue weighted by atomic mass is 14.0. The van der Waals surface area contributed by atoms with Crippen molar-refractivity contribution in [3.63, 3.8) is 0 Å². The molecule has 0 saturated heterocycles. The normalized spacial score (nSPS) is 14.8. The summed E-state index contributed by atoms with van der Waals surface area (Å²) in [6.07, 6.45) is 11.6. The Morgan fingerprint density at radius 3 is 2.45 bits per heavy atom. The van der Waals surface area contributed by atoms with Crippen LogP contribution in [-0.2, 0) is 0 Å². The molecule has 1 unspecified atom stereocenters. The zero-order valence-electron chi connectivity index (χ0n) is 7.42. The summed E-state index contributed by atoms with van der Waals surface area (Å²) in [5, 5.41) is 0. The molecule has 0 nitrogen and oxygen atoms in total. The van der Waals surface area contributed by atoms with Gasteiger partial charge in [-0.2, -0.15) is 0 Å². The maximum atomic E-state index is 3.70. The van der Waals surface area contributed by atoms with E-state index >= 15 is 0 Å². The van der Waals surface area contributed by atoms with Crippen LogP contribution in [0, 0.1) is 19.8 Å². The largest absolute Gasteiger partial charge is 0.0882 e. The summed E-state index contributed by atoms with van der Waals surface area (Å²) >= 11 is 0. The summed E-state index contributed by atoms with van der Waals surface area (Å²) < 4.78 is 0. The second kappa shape index (κ2) is 7.59. The molecule has 0 aliphatic rings. The highest BCUT2D eigenvalue weighted by Gasteiger charge is 1.98. The van der Waals surface area contributed by atoms with Crippen molar-refractivity contribution in [1.82, 2.24) is 0 Å². The Morgan fingerprint density at radius 2 is 2.00 bits per heavy atom. The minimum atomic E-state index is 0.662. The van der Waals surface area contributed by atoms with E-state index in [1.807, 2.05) is 12.2 Å². The Bertz CT molecular complexity index is 120. The lowest BCUT2D eigenvalue weighted by atomic mass is 9.99. The van der Waals surface area contributed by atoms with Crippen molar-refractivity contribution in [3.05, 3.63) is 38.2 Å². The van der Waals surface area contributed by atoms with E-state index in [1.54, 1.807) is 0 Å². The molecule has 0 N–H and O–H groups in total. The molecule has 1 atom stereocenters. The van der Waals surface area contributed by atoms with E-state index in [4.69, 9.17) is 0 Å². The summed E-state index contributed by atoms with van der Waals surface area (Å²) in [5.74, 6) is 0.662. The Morgan fingerprint density at radius 1 is 1.27 bits per heavy atom. The molecule has 2 radical (unpaired) electrons. The standard InChI is InChI=1S/C11H18/c1-4-7-10-11(8-5-2)9-6-3/h4-5,7-8,11H,1-2,6,9-10H2,3H3/b7-4+,8-5+. The van der Waals surface area contributed by atoms with E-state index in [0.29, 0.717) is 5.92 Å². The average molecular weight is 150 g/mol. The predicted octanol–water partition coefficient (Wildman–Crippen LogP) is 3.57. The maximum absolute atomic E-state index is 3.70. The van der Waals surface area contributed by atoms with Crippen LogP contribution in [0.1, 0.15) is 26.2 Å². The van der Waals surface area contributed by atoms with Gasteiger partial charge in [0.25, 0.3) is 0 Å². The molecule has 0 amide bonds. The molecule has 0 bridgehead atoms. The Balaban J connectivity index is 3.68. The fourth-order valence-electron chi connectivity index (χ4n) is 1.13. The van der Waals surface area contributed by atoms with E-state index in [9.17, 15) is 0 Å². The first-order valence-corrected chi connectivity index (χ1v) is 4.25. The van der Waals surface area contributed by atoms with Gasteiger partial charge in [0.05, 0.1) is 0 Å². The molecule has 0 aliphatic heterocycles. The summed E-state index contributed by atoms with van der Waals surface area (Å²) in [6, 6.07) is 0. The lowest BCUT2D eigenvalue weighted by Crippen LogP contribution is -1.92. The van der Waals surface area contributed by atoms with E-state index in [-0.39, 0.29) is 0 Å². The average Bonchev–Trinajstić information content (AvgIpc) is 2.01. The molecule has 0 heteroatoms. The first-order chi connectivity index (χ1) is 5.35. The minimum Gasteiger partial charge on any atom is -0.0882 e. The third-order valence-electron chi connectivity index (χ3n) is 1.67. The molecule has 62 valence electrons. The molecule has 0 aromatic rings. The van der Waals surface area contributed by atoms with Gasteiger partial charge in [-0.25, -0.2) is 0 Å². The van der Waals surface area contributed by atoms with Crippen molar-refractivity contribution in [1.29, 1.82) is 0 Å². The van der Waals surface area contributed by atoms with Gasteiger partial charge in [-0.05, 0) is 32.6 Å². The fourth-order valence-corrected chi connectivity index (χ4v) is 1.13. The van der Waals surface area contributed by atoms with Crippen LogP contribution in [0.15, 0.2) is 24.3 Å². The van der Waals surface area contributed by atoms with Gasteiger partial charge in [0.1, 0.15) is 0 Å². The van der Waals surface area contributed by atoms with Crippen LogP contribution in [0.3, 0.4) is 0 Å². The SMILES string of the molecule is [CH2]/C=C/CC(/C=C/[CH2])CCC. The lowest BCUT2D eigenvalue weighted by Gasteiger charge is -2.06. The van der Waals surface area contributed by atoms with Crippen LogP contribution in [-0.4, -0.2) is 0 Å². The van der Waals surface area contributed by atoms with Gasteiger partial charge >= 0.3 is 0 Å². The Labute approximate surface area is 71.0 Å². The molecule has 0 aliphatic carbocycles. The van der Waals surface area contributed by atoms with E-state index in [0.717, 1.165) is 6.42 Å². The monoisotopic (exact) mass is 150 g/mol. The van der Waals surface area contributed by atoms with Crippen LogP contribution < -0.4 is 0 Å². The zero-order chi connectivity index (χ0) is 8.53. The van der Waals surface area contributed by atoms with Crippen molar-refractivity contribution < 1.29 is 0 Å². The Hall–Kier alpha value is -0.520. The van der Waals surface area contributed by atoms with Gasteiger partial charge in [-0.3, -0.25) is 0 Å². The van der Waals surface area contributed by atoms with Crippen LogP contribution in [0.5, 0.6) is 0 Å². The third kappa shape index (κ3) is 5.90. The van der Waals surface area contributed by atoms with Gasteiger partial charge in [-0.15, -0.1) is 0 Å². The van der Waals surface area contributed by atoms with Gasteiger partial charge in [0.15, 0.2) is 0 Å².